The third-order valence-electron chi connectivity index (χ3n) is 2.17. The molecule has 1 heterocycles. The Balaban J connectivity index is 2.34. The van der Waals surface area contributed by atoms with Crippen molar-refractivity contribution in [3.05, 3.63) is 53.7 Å². The van der Waals surface area contributed by atoms with E-state index < -0.39 is 11.6 Å². The number of nitrogens with two attached hydrogens (primary N) is 1. The van der Waals surface area contributed by atoms with E-state index in [2.05, 4.69) is 4.98 Å². The maximum atomic E-state index is 13.3. The lowest BCUT2D eigenvalue weighted by molar-refractivity contribution is 0.418. The van der Waals surface area contributed by atoms with Crippen LogP contribution in [-0.4, -0.2) is 4.98 Å². The van der Waals surface area contributed by atoms with E-state index in [0.717, 1.165) is 18.2 Å². The van der Waals surface area contributed by atoms with Crippen molar-refractivity contribution >= 4 is 0 Å². The number of hydrogen-bond acceptors (Lipinski definition) is 3. The van der Waals surface area contributed by atoms with Gasteiger partial charge in [0.05, 0.1) is 0 Å². The van der Waals surface area contributed by atoms with E-state index in [1.807, 2.05) is 0 Å². The molecule has 5 heteroatoms. The van der Waals surface area contributed by atoms with E-state index in [9.17, 15) is 8.78 Å². The van der Waals surface area contributed by atoms with Crippen molar-refractivity contribution in [2.45, 2.75) is 6.54 Å². The van der Waals surface area contributed by atoms with E-state index in [1.165, 1.54) is 6.20 Å². The lowest BCUT2D eigenvalue weighted by Crippen LogP contribution is -2.01. The van der Waals surface area contributed by atoms with E-state index in [0.29, 0.717) is 5.56 Å². The van der Waals surface area contributed by atoms with E-state index in [1.54, 1.807) is 12.1 Å². The summed E-state index contributed by atoms with van der Waals surface area (Å²) >= 11 is 0. The molecule has 0 aliphatic rings. The molecule has 2 N–H and O–H groups in total. The summed E-state index contributed by atoms with van der Waals surface area (Å²) in [5.74, 6) is -1.26. The summed E-state index contributed by atoms with van der Waals surface area (Å²) in [5, 5.41) is 0. The van der Waals surface area contributed by atoms with Crippen molar-refractivity contribution in [1.29, 1.82) is 0 Å². The predicted octanol–water partition coefficient (Wildman–Crippen LogP) is 2.61. The Hall–Kier alpha value is -2.01. The van der Waals surface area contributed by atoms with Crippen molar-refractivity contribution in [3.8, 4) is 11.6 Å². The zero-order valence-electron chi connectivity index (χ0n) is 8.86. The molecule has 0 unspecified atom stereocenters. The van der Waals surface area contributed by atoms with Gasteiger partial charge in [-0.25, -0.2) is 13.8 Å². The van der Waals surface area contributed by atoms with Crippen molar-refractivity contribution in [3.63, 3.8) is 0 Å². The smallest absolute Gasteiger partial charge is 0.223 e. The van der Waals surface area contributed by atoms with Gasteiger partial charge < -0.3 is 10.5 Å². The predicted molar refractivity (Wildman–Crippen MR) is 58.6 cm³/mol. The summed E-state index contributed by atoms with van der Waals surface area (Å²) in [7, 11) is 0. The molecule has 17 heavy (non-hydrogen) atoms. The van der Waals surface area contributed by atoms with Crippen LogP contribution in [0.25, 0.3) is 0 Å². The summed E-state index contributed by atoms with van der Waals surface area (Å²) in [6.07, 6.45) is 1.49. The highest BCUT2D eigenvalue weighted by molar-refractivity contribution is 5.33. The molecule has 3 nitrogen and oxygen atoms in total. The van der Waals surface area contributed by atoms with Gasteiger partial charge in [0.25, 0.3) is 0 Å². The van der Waals surface area contributed by atoms with Crippen LogP contribution in [0.4, 0.5) is 8.78 Å². The van der Waals surface area contributed by atoms with Crippen LogP contribution in [0.15, 0.2) is 36.5 Å². The highest BCUT2D eigenvalue weighted by Crippen LogP contribution is 2.25. The molecule has 0 saturated carbocycles. The SMILES string of the molecule is NCc1cccnc1Oc1cc(F)ccc1F. The van der Waals surface area contributed by atoms with Crippen LogP contribution in [0.2, 0.25) is 0 Å². The molecule has 0 amide bonds. The Kier molecular flexibility index (Phi) is 3.30. The highest BCUT2D eigenvalue weighted by Gasteiger charge is 2.09. The molecule has 0 fully saturated rings. The van der Waals surface area contributed by atoms with Gasteiger partial charge >= 0.3 is 0 Å². The van der Waals surface area contributed by atoms with Crippen LogP contribution < -0.4 is 10.5 Å². The van der Waals surface area contributed by atoms with E-state index in [-0.39, 0.29) is 18.2 Å². The molecule has 0 aliphatic heterocycles. The van der Waals surface area contributed by atoms with Gasteiger partial charge in [-0.2, -0.15) is 0 Å². The minimum atomic E-state index is -0.653. The summed E-state index contributed by atoms with van der Waals surface area (Å²) in [4.78, 5) is 3.92. The average molecular weight is 236 g/mol. The average Bonchev–Trinajstić information content (AvgIpc) is 2.34. The molecule has 0 atom stereocenters. The lowest BCUT2D eigenvalue weighted by Gasteiger charge is -2.08. The second-order valence-electron chi connectivity index (χ2n) is 3.35. The second kappa shape index (κ2) is 4.88. The molecule has 0 saturated heterocycles. The Labute approximate surface area is 96.9 Å². The maximum Gasteiger partial charge on any atom is 0.223 e. The van der Waals surface area contributed by atoms with Crippen LogP contribution >= 0.6 is 0 Å². The van der Waals surface area contributed by atoms with Crippen LogP contribution in [0.3, 0.4) is 0 Å². The Morgan fingerprint density at radius 2 is 2.06 bits per heavy atom. The molecule has 2 aromatic rings. The summed E-state index contributed by atoms with van der Waals surface area (Å²) in [5.41, 5.74) is 6.11. The van der Waals surface area contributed by atoms with E-state index in [4.69, 9.17) is 10.5 Å². The summed E-state index contributed by atoms with van der Waals surface area (Å²) in [6.45, 7) is 0.208. The fourth-order valence-corrected chi connectivity index (χ4v) is 1.33. The first-order valence-corrected chi connectivity index (χ1v) is 4.97. The number of nitrogens with zero attached hydrogens (tertiary/aromatic N) is 1. The fourth-order valence-electron chi connectivity index (χ4n) is 1.33. The number of halogens is 2. The van der Waals surface area contributed by atoms with Gasteiger partial charge in [-0.05, 0) is 18.2 Å². The quantitative estimate of drug-likeness (QED) is 0.891. The van der Waals surface area contributed by atoms with Gasteiger partial charge in [0, 0.05) is 24.4 Å². The molecule has 0 radical (unpaired) electrons. The zero-order valence-corrected chi connectivity index (χ0v) is 8.86. The van der Waals surface area contributed by atoms with Crippen molar-refractivity contribution in [2.24, 2.45) is 5.73 Å². The van der Waals surface area contributed by atoms with Crippen molar-refractivity contribution in [1.82, 2.24) is 4.98 Å². The minimum absolute atomic E-state index is 0.180. The fraction of sp³-hybridized carbons (Fsp3) is 0.0833. The molecular formula is C12H10F2N2O. The molecule has 2 rings (SSSR count). The second-order valence-corrected chi connectivity index (χ2v) is 3.35. The van der Waals surface area contributed by atoms with Crippen molar-refractivity contribution in [2.75, 3.05) is 0 Å². The Bertz CT molecular complexity index is 532. The van der Waals surface area contributed by atoms with Gasteiger partial charge in [0.2, 0.25) is 5.88 Å². The first-order chi connectivity index (χ1) is 8.20. The summed E-state index contributed by atoms with van der Waals surface area (Å²) < 4.78 is 31.5. The monoisotopic (exact) mass is 236 g/mol. The van der Waals surface area contributed by atoms with Crippen LogP contribution in [-0.2, 0) is 6.54 Å². The highest BCUT2D eigenvalue weighted by atomic mass is 19.1. The van der Waals surface area contributed by atoms with Crippen LogP contribution in [0.5, 0.6) is 11.6 Å². The van der Waals surface area contributed by atoms with Gasteiger partial charge in [-0.15, -0.1) is 0 Å². The Morgan fingerprint density at radius 3 is 2.82 bits per heavy atom. The molecule has 1 aromatic heterocycles. The number of benzene rings is 1. The van der Waals surface area contributed by atoms with Gasteiger partial charge in [0.15, 0.2) is 11.6 Å². The number of aromatic nitrogens is 1. The maximum absolute atomic E-state index is 13.3. The minimum Gasteiger partial charge on any atom is -0.436 e. The largest absolute Gasteiger partial charge is 0.436 e. The topological polar surface area (TPSA) is 48.1 Å². The van der Waals surface area contributed by atoms with Gasteiger partial charge in [-0.3, -0.25) is 0 Å². The third kappa shape index (κ3) is 2.57. The molecule has 88 valence electrons. The first kappa shape index (κ1) is 11.5. The molecule has 0 spiro atoms. The molecular weight excluding hydrogens is 226 g/mol. The summed E-state index contributed by atoms with van der Waals surface area (Å²) in [6, 6.07) is 6.38. The number of pyridine rings is 1. The normalized spacial score (nSPS) is 10.3. The first-order valence-electron chi connectivity index (χ1n) is 4.97. The zero-order chi connectivity index (χ0) is 12.3. The number of ether oxygens (including phenoxy) is 1. The Morgan fingerprint density at radius 1 is 1.24 bits per heavy atom. The third-order valence-corrected chi connectivity index (χ3v) is 2.17. The van der Waals surface area contributed by atoms with Crippen LogP contribution in [0.1, 0.15) is 5.56 Å². The number of rotatable bonds is 3. The standard InChI is InChI=1S/C12H10F2N2O/c13-9-3-4-10(14)11(6-9)17-12-8(7-15)2-1-5-16-12/h1-6H,7,15H2. The molecule has 1 aromatic carbocycles. The van der Waals surface area contributed by atoms with Gasteiger partial charge in [0.1, 0.15) is 5.82 Å². The number of hydrogen-bond donors (Lipinski definition) is 1. The molecule has 0 aliphatic carbocycles. The van der Waals surface area contributed by atoms with E-state index >= 15 is 0 Å². The van der Waals surface area contributed by atoms with Crippen LogP contribution in [0, 0.1) is 11.6 Å². The lowest BCUT2D eigenvalue weighted by atomic mass is 10.2. The molecule has 0 bridgehead atoms. The van der Waals surface area contributed by atoms with Gasteiger partial charge in [-0.1, -0.05) is 6.07 Å². The van der Waals surface area contributed by atoms with Crippen molar-refractivity contribution < 1.29 is 13.5 Å².